The number of rotatable bonds is 0. The van der Waals surface area contributed by atoms with Crippen molar-refractivity contribution in [3.05, 3.63) is 53.7 Å². The molecule has 0 aliphatic carbocycles. The SMILES string of the molecule is CN=C(C)n1ncc2cc(C)ccc21.CN=C(C)n1nnc2cc(C)ccc21. The van der Waals surface area contributed by atoms with Crippen LogP contribution in [0.2, 0.25) is 0 Å². The molecule has 0 unspecified atom stereocenters. The van der Waals surface area contributed by atoms with E-state index in [-0.39, 0.29) is 0 Å². The van der Waals surface area contributed by atoms with Gasteiger partial charge in [-0.15, -0.1) is 5.10 Å². The van der Waals surface area contributed by atoms with Gasteiger partial charge in [0.2, 0.25) is 0 Å². The van der Waals surface area contributed by atoms with Crippen LogP contribution in [-0.2, 0) is 0 Å². The smallest absolute Gasteiger partial charge is 0.123 e. The normalized spacial score (nSPS) is 12.4. The second-order valence-electron chi connectivity index (χ2n) is 6.65. The summed E-state index contributed by atoms with van der Waals surface area (Å²) in [5.41, 5.74) is 5.46. The van der Waals surface area contributed by atoms with Crippen molar-refractivity contribution in [2.75, 3.05) is 14.1 Å². The quantitative estimate of drug-likeness (QED) is 0.346. The van der Waals surface area contributed by atoms with Crippen LogP contribution in [0.15, 0.2) is 52.6 Å². The van der Waals surface area contributed by atoms with Crippen molar-refractivity contribution < 1.29 is 0 Å². The number of nitrogens with zero attached hydrogens (tertiary/aromatic N) is 7. The molecule has 2 aromatic heterocycles. The van der Waals surface area contributed by atoms with E-state index in [4.69, 9.17) is 0 Å². The van der Waals surface area contributed by atoms with Crippen LogP contribution in [0.25, 0.3) is 21.9 Å². The van der Waals surface area contributed by atoms with Gasteiger partial charge in [-0.1, -0.05) is 22.9 Å². The van der Waals surface area contributed by atoms with Gasteiger partial charge in [0.1, 0.15) is 17.2 Å². The lowest BCUT2D eigenvalue weighted by molar-refractivity contribution is 0.855. The third-order valence-electron chi connectivity index (χ3n) is 4.58. The molecular weight excluding hydrogens is 350 g/mol. The highest BCUT2D eigenvalue weighted by Gasteiger charge is 2.05. The van der Waals surface area contributed by atoms with E-state index < -0.39 is 0 Å². The third kappa shape index (κ3) is 3.83. The van der Waals surface area contributed by atoms with Crippen molar-refractivity contribution in [1.82, 2.24) is 24.8 Å². The molecule has 2 aromatic carbocycles. The Morgan fingerprint density at radius 3 is 2.11 bits per heavy atom. The molecular formula is C21H25N7. The van der Waals surface area contributed by atoms with Crippen LogP contribution in [0, 0.1) is 13.8 Å². The van der Waals surface area contributed by atoms with Gasteiger partial charge in [-0.25, -0.2) is 4.68 Å². The van der Waals surface area contributed by atoms with Crippen LogP contribution < -0.4 is 0 Å². The number of aliphatic imine (C=N–C) groups is 2. The van der Waals surface area contributed by atoms with Crippen LogP contribution in [0.1, 0.15) is 25.0 Å². The lowest BCUT2D eigenvalue weighted by Gasteiger charge is -2.01. The van der Waals surface area contributed by atoms with E-state index in [1.54, 1.807) is 18.8 Å². The molecule has 28 heavy (non-hydrogen) atoms. The summed E-state index contributed by atoms with van der Waals surface area (Å²) in [5.74, 6) is 1.75. The highest BCUT2D eigenvalue weighted by atomic mass is 15.4. The summed E-state index contributed by atoms with van der Waals surface area (Å²) in [5, 5.41) is 13.6. The Kier molecular flexibility index (Phi) is 5.63. The van der Waals surface area contributed by atoms with E-state index in [2.05, 4.69) is 50.5 Å². The maximum absolute atomic E-state index is 4.29. The lowest BCUT2D eigenvalue weighted by atomic mass is 10.2. The molecule has 0 bridgehead atoms. The summed E-state index contributed by atoms with van der Waals surface area (Å²) in [4.78, 5) is 8.20. The Balaban J connectivity index is 0.000000161. The van der Waals surface area contributed by atoms with Crippen LogP contribution in [0.4, 0.5) is 0 Å². The van der Waals surface area contributed by atoms with Gasteiger partial charge in [0, 0.05) is 19.5 Å². The van der Waals surface area contributed by atoms with Gasteiger partial charge >= 0.3 is 0 Å². The maximum Gasteiger partial charge on any atom is 0.123 e. The van der Waals surface area contributed by atoms with Crippen LogP contribution >= 0.6 is 0 Å². The Morgan fingerprint density at radius 2 is 1.43 bits per heavy atom. The number of aromatic nitrogens is 5. The van der Waals surface area contributed by atoms with E-state index >= 15 is 0 Å². The Hall–Kier alpha value is -3.35. The Bertz CT molecular complexity index is 1080. The molecule has 0 saturated heterocycles. The predicted molar refractivity (Wildman–Crippen MR) is 116 cm³/mol. The fourth-order valence-electron chi connectivity index (χ4n) is 2.87. The first-order valence-electron chi connectivity index (χ1n) is 9.08. The van der Waals surface area contributed by atoms with E-state index in [1.807, 2.05) is 49.8 Å². The molecule has 0 saturated carbocycles. The molecule has 7 heteroatoms. The molecule has 0 aliphatic rings. The Morgan fingerprint density at radius 1 is 0.821 bits per heavy atom. The highest BCUT2D eigenvalue weighted by molar-refractivity contribution is 5.92. The molecule has 4 aromatic rings. The minimum atomic E-state index is 0.844. The largest absolute Gasteiger partial charge is 0.274 e. The number of fused-ring (bicyclic) bond motifs is 2. The summed E-state index contributed by atoms with van der Waals surface area (Å²) in [6.45, 7) is 7.98. The lowest BCUT2D eigenvalue weighted by Crippen LogP contribution is -2.08. The average Bonchev–Trinajstić information content (AvgIpc) is 3.30. The summed E-state index contributed by atoms with van der Waals surface area (Å²) < 4.78 is 3.60. The molecule has 0 spiro atoms. The third-order valence-corrected chi connectivity index (χ3v) is 4.58. The van der Waals surface area contributed by atoms with Gasteiger partial charge in [-0.2, -0.15) is 9.78 Å². The summed E-state index contributed by atoms with van der Waals surface area (Å²) >= 11 is 0. The van der Waals surface area contributed by atoms with E-state index in [1.165, 1.54) is 11.1 Å². The van der Waals surface area contributed by atoms with Crippen LogP contribution in [-0.4, -0.2) is 50.5 Å². The topological polar surface area (TPSA) is 73.2 Å². The van der Waals surface area contributed by atoms with Crippen molar-refractivity contribution in [1.29, 1.82) is 0 Å². The van der Waals surface area contributed by atoms with E-state index in [0.29, 0.717) is 0 Å². The molecule has 144 valence electrons. The zero-order valence-electron chi connectivity index (χ0n) is 17.2. The van der Waals surface area contributed by atoms with Crippen molar-refractivity contribution in [2.24, 2.45) is 9.98 Å². The minimum absolute atomic E-state index is 0.844. The maximum atomic E-state index is 4.29. The van der Waals surface area contributed by atoms with Crippen LogP contribution in [0.3, 0.4) is 0 Å². The molecule has 0 aliphatic heterocycles. The number of benzene rings is 2. The molecule has 0 N–H and O–H groups in total. The first kappa shape index (κ1) is 19.4. The van der Waals surface area contributed by atoms with Gasteiger partial charge in [0.25, 0.3) is 0 Å². The monoisotopic (exact) mass is 375 g/mol. The fourth-order valence-corrected chi connectivity index (χ4v) is 2.87. The fraction of sp³-hybridized carbons (Fsp3) is 0.286. The van der Waals surface area contributed by atoms with Crippen molar-refractivity contribution in [3.63, 3.8) is 0 Å². The van der Waals surface area contributed by atoms with E-state index in [9.17, 15) is 0 Å². The molecule has 4 rings (SSSR count). The second kappa shape index (κ2) is 8.12. The van der Waals surface area contributed by atoms with Crippen LogP contribution in [0.5, 0.6) is 0 Å². The van der Waals surface area contributed by atoms with Crippen molar-refractivity contribution in [3.8, 4) is 0 Å². The first-order valence-corrected chi connectivity index (χ1v) is 9.08. The van der Waals surface area contributed by atoms with Gasteiger partial charge < -0.3 is 0 Å². The van der Waals surface area contributed by atoms with Crippen molar-refractivity contribution >= 4 is 33.6 Å². The molecule has 0 atom stereocenters. The minimum Gasteiger partial charge on any atom is -0.274 e. The first-order chi connectivity index (χ1) is 13.4. The van der Waals surface area contributed by atoms with Gasteiger partial charge in [-0.3, -0.25) is 9.98 Å². The Labute approximate surface area is 164 Å². The standard InChI is InChI=1S/C11H13N3.C10H12N4/c1-8-4-5-11-10(6-8)7-13-14(11)9(2)12-3;1-7-4-5-10-9(6-7)12-13-14(10)8(2)11-3/h4-7H,1-3H3;4-6H,1-3H3. The predicted octanol–water partition coefficient (Wildman–Crippen LogP) is 3.88. The number of hydrogen-bond donors (Lipinski definition) is 0. The molecule has 2 heterocycles. The van der Waals surface area contributed by atoms with E-state index in [0.717, 1.165) is 33.6 Å². The number of hydrogen-bond acceptors (Lipinski definition) is 5. The molecule has 0 radical (unpaired) electrons. The van der Waals surface area contributed by atoms with Gasteiger partial charge in [0.15, 0.2) is 0 Å². The molecule has 0 amide bonds. The molecule has 7 nitrogen and oxygen atoms in total. The van der Waals surface area contributed by atoms with Crippen molar-refractivity contribution in [2.45, 2.75) is 27.7 Å². The van der Waals surface area contributed by atoms with Gasteiger partial charge in [0.05, 0.1) is 17.2 Å². The second-order valence-corrected chi connectivity index (χ2v) is 6.65. The summed E-state index contributed by atoms with van der Waals surface area (Å²) in [7, 11) is 3.52. The highest BCUT2D eigenvalue weighted by Crippen LogP contribution is 2.15. The zero-order valence-corrected chi connectivity index (χ0v) is 17.2. The number of aryl methyl sites for hydroxylation is 2. The molecule has 0 fully saturated rings. The average molecular weight is 375 g/mol. The zero-order chi connectivity index (χ0) is 20.3. The summed E-state index contributed by atoms with van der Waals surface area (Å²) in [6.07, 6.45) is 1.87. The van der Waals surface area contributed by atoms with Gasteiger partial charge in [-0.05, 0) is 57.5 Å². The summed E-state index contributed by atoms with van der Waals surface area (Å²) in [6, 6.07) is 12.4.